The van der Waals surface area contributed by atoms with Crippen LogP contribution in [-0.4, -0.2) is 41.2 Å². The van der Waals surface area contributed by atoms with Gasteiger partial charge in [0.1, 0.15) is 5.75 Å². The van der Waals surface area contributed by atoms with E-state index in [2.05, 4.69) is 16.8 Å². The van der Waals surface area contributed by atoms with Gasteiger partial charge in [0.25, 0.3) is 0 Å². The van der Waals surface area contributed by atoms with E-state index in [0.717, 1.165) is 53.6 Å². The first-order valence-electron chi connectivity index (χ1n) is 9.06. The minimum absolute atomic E-state index is 0.225. The highest BCUT2D eigenvalue weighted by Crippen LogP contribution is 2.42. The van der Waals surface area contributed by atoms with E-state index < -0.39 is 6.10 Å². The molecule has 3 unspecified atom stereocenters. The topological polar surface area (TPSA) is 45.6 Å². The highest BCUT2D eigenvalue weighted by molar-refractivity contribution is 5.83. The summed E-state index contributed by atoms with van der Waals surface area (Å²) in [5.74, 6) is 2.37. The van der Waals surface area contributed by atoms with Crippen LogP contribution in [-0.2, 0) is 0 Å². The van der Waals surface area contributed by atoms with E-state index >= 15 is 0 Å². The van der Waals surface area contributed by atoms with Gasteiger partial charge in [-0.15, -0.1) is 0 Å². The van der Waals surface area contributed by atoms with Gasteiger partial charge >= 0.3 is 0 Å². The summed E-state index contributed by atoms with van der Waals surface area (Å²) in [4.78, 5) is 6.94. The lowest BCUT2D eigenvalue weighted by Gasteiger charge is -2.51. The number of aliphatic hydroxyl groups is 1. The molecule has 1 aromatic heterocycles. The molecule has 3 aliphatic heterocycles. The second-order valence-corrected chi connectivity index (χ2v) is 7.24. The normalized spacial score (nSPS) is 30.5. The molecule has 0 radical (unpaired) electrons. The number of rotatable bonds is 4. The number of ether oxygens (including phenoxy) is 1. The second kappa shape index (κ2) is 6.34. The molecule has 4 heteroatoms. The van der Waals surface area contributed by atoms with Gasteiger partial charge in [0.05, 0.1) is 18.7 Å². The van der Waals surface area contributed by atoms with E-state index in [-0.39, 0.29) is 6.04 Å². The van der Waals surface area contributed by atoms with Gasteiger partial charge in [-0.2, -0.15) is 0 Å². The Morgan fingerprint density at radius 2 is 2.25 bits per heavy atom. The molecular formula is C20H26N2O2. The van der Waals surface area contributed by atoms with Crippen molar-refractivity contribution < 1.29 is 9.84 Å². The van der Waals surface area contributed by atoms with Crippen LogP contribution in [0.15, 0.2) is 30.5 Å². The molecule has 1 aromatic carbocycles. The second-order valence-electron chi connectivity index (χ2n) is 7.24. The summed E-state index contributed by atoms with van der Waals surface area (Å²) in [6, 6.07) is 8.07. The lowest BCUT2D eigenvalue weighted by atomic mass is 9.72. The van der Waals surface area contributed by atoms with Crippen molar-refractivity contribution in [1.29, 1.82) is 0 Å². The molecule has 128 valence electrons. The Balaban J connectivity index is 1.68. The van der Waals surface area contributed by atoms with E-state index in [1.54, 1.807) is 13.3 Å². The van der Waals surface area contributed by atoms with Crippen molar-refractivity contribution >= 4 is 10.9 Å². The van der Waals surface area contributed by atoms with Crippen molar-refractivity contribution in [2.45, 2.75) is 38.3 Å². The van der Waals surface area contributed by atoms with Crippen LogP contribution in [0.5, 0.6) is 5.75 Å². The summed E-state index contributed by atoms with van der Waals surface area (Å²) in [6.45, 7) is 4.55. The SMILES string of the molecule is CC[C@H]1CN2CCC1C[C@@H]2C(O)c1ccnc2ccc(OC)cc12. The summed E-state index contributed by atoms with van der Waals surface area (Å²) in [7, 11) is 1.67. The Morgan fingerprint density at radius 1 is 1.38 bits per heavy atom. The molecule has 3 saturated heterocycles. The van der Waals surface area contributed by atoms with Gasteiger partial charge in [-0.25, -0.2) is 0 Å². The maximum absolute atomic E-state index is 11.2. The van der Waals surface area contributed by atoms with Crippen LogP contribution < -0.4 is 4.74 Å². The van der Waals surface area contributed by atoms with Crippen LogP contribution in [0.25, 0.3) is 10.9 Å². The molecule has 0 saturated carbocycles. The predicted molar refractivity (Wildman–Crippen MR) is 95.1 cm³/mol. The first kappa shape index (κ1) is 15.9. The molecule has 1 N–H and O–H groups in total. The van der Waals surface area contributed by atoms with Gasteiger partial charge in [0.15, 0.2) is 0 Å². The molecule has 4 nitrogen and oxygen atoms in total. The monoisotopic (exact) mass is 326 g/mol. The zero-order valence-electron chi connectivity index (χ0n) is 14.5. The first-order valence-corrected chi connectivity index (χ1v) is 9.06. The third-order valence-corrected chi connectivity index (χ3v) is 6.13. The Kier molecular flexibility index (Phi) is 4.19. The maximum atomic E-state index is 11.2. The maximum Gasteiger partial charge on any atom is 0.119 e. The molecule has 0 spiro atoms. The van der Waals surface area contributed by atoms with Crippen molar-refractivity contribution in [3.8, 4) is 5.75 Å². The number of nitrogens with zero attached hydrogens (tertiary/aromatic N) is 2. The molecule has 4 heterocycles. The van der Waals surface area contributed by atoms with Gasteiger partial charge < -0.3 is 9.84 Å². The number of pyridine rings is 1. The largest absolute Gasteiger partial charge is 0.497 e. The number of piperidine rings is 3. The molecule has 3 aliphatic rings. The van der Waals surface area contributed by atoms with Crippen LogP contribution in [0.1, 0.15) is 37.9 Å². The number of methoxy groups -OCH3 is 1. The fraction of sp³-hybridized carbons (Fsp3) is 0.550. The smallest absolute Gasteiger partial charge is 0.119 e. The molecule has 5 atom stereocenters. The fourth-order valence-electron chi connectivity index (χ4n) is 4.71. The summed E-state index contributed by atoms with van der Waals surface area (Å²) in [6.07, 6.45) is 4.97. The third kappa shape index (κ3) is 2.58. The molecule has 5 rings (SSSR count). The number of hydrogen-bond donors (Lipinski definition) is 1. The van der Waals surface area contributed by atoms with Crippen LogP contribution in [0.2, 0.25) is 0 Å². The Bertz CT molecular complexity index is 733. The molecule has 0 amide bonds. The highest BCUT2D eigenvalue weighted by atomic mass is 16.5. The predicted octanol–water partition coefficient (Wildman–Crippen LogP) is 3.40. The zero-order chi connectivity index (χ0) is 16.7. The Labute approximate surface area is 143 Å². The Hall–Kier alpha value is -1.65. The summed E-state index contributed by atoms with van der Waals surface area (Å²) in [5.41, 5.74) is 1.89. The van der Waals surface area contributed by atoms with Gasteiger partial charge in [-0.05, 0) is 61.1 Å². The van der Waals surface area contributed by atoms with Crippen LogP contribution in [0.3, 0.4) is 0 Å². The summed E-state index contributed by atoms with van der Waals surface area (Å²) in [5, 5.41) is 12.2. The molecular weight excluding hydrogens is 300 g/mol. The first-order chi connectivity index (χ1) is 11.7. The lowest BCUT2D eigenvalue weighted by Crippen LogP contribution is -2.55. The van der Waals surface area contributed by atoms with Crippen molar-refractivity contribution in [2.75, 3.05) is 20.2 Å². The van der Waals surface area contributed by atoms with Crippen LogP contribution >= 0.6 is 0 Å². The van der Waals surface area contributed by atoms with Crippen LogP contribution in [0, 0.1) is 11.8 Å². The van der Waals surface area contributed by atoms with Crippen molar-refractivity contribution in [2.24, 2.45) is 11.8 Å². The summed E-state index contributed by atoms with van der Waals surface area (Å²) >= 11 is 0. The highest BCUT2D eigenvalue weighted by Gasteiger charge is 2.42. The van der Waals surface area contributed by atoms with E-state index in [9.17, 15) is 5.11 Å². The van der Waals surface area contributed by atoms with Crippen LogP contribution in [0.4, 0.5) is 0 Å². The number of fused-ring (bicyclic) bond motifs is 4. The van der Waals surface area contributed by atoms with Gasteiger partial charge in [-0.1, -0.05) is 13.3 Å². The Morgan fingerprint density at radius 3 is 2.96 bits per heavy atom. The van der Waals surface area contributed by atoms with Crippen molar-refractivity contribution in [1.82, 2.24) is 9.88 Å². The van der Waals surface area contributed by atoms with E-state index in [1.807, 2.05) is 24.3 Å². The van der Waals surface area contributed by atoms with Crippen molar-refractivity contribution in [3.05, 3.63) is 36.0 Å². The number of aliphatic hydroxyl groups excluding tert-OH is 1. The summed E-state index contributed by atoms with van der Waals surface area (Å²) < 4.78 is 5.36. The quantitative estimate of drug-likeness (QED) is 0.935. The zero-order valence-corrected chi connectivity index (χ0v) is 14.5. The average Bonchev–Trinajstić information content (AvgIpc) is 2.66. The number of hydrogen-bond acceptors (Lipinski definition) is 4. The minimum atomic E-state index is -0.469. The van der Waals surface area contributed by atoms with E-state index in [0.29, 0.717) is 0 Å². The third-order valence-electron chi connectivity index (χ3n) is 6.13. The van der Waals surface area contributed by atoms with E-state index in [4.69, 9.17) is 4.74 Å². The molecule has 2 aromatic rings. The van der Waals surface area contributed by atoms with Crippen molar-refractivity contribution in [3.63, 3.8) is 0 Å². The molecule has 24 heavy (non-hydrogen) atoms. The fourth-order valence-corrected chi connectivity index (χ4v) is 4.71. The average molecular weight is 326 g/mol. The molecule has 0 aliphatic carbocycles. The van der Waals surface area contributed by atoms with Gasteiger partial charge in [0.2, 0.25) is 0 Å². The van der Waals surface area contributed by atoms with Gasteiger partial charge in [-0.3, -0.25) is 9.88 Å². The minimum Gasteiger partial charge on any atom is -0.497 e. The molecule has 2 bridgehead atoms. The lowest BCUT2D eigenvalue weighted by molar-refractivity contribution is -0.0562. The molecule has 3 fully saturated rings. The standard InChI is InChI=1S/C20H26N2O2/c1-3-13-12-22-9-7-14(13)10-19(22)20(23)16-6-8-21-18-5-4-15(24-2)11-17(16)18/h4-6,8,11,13-14,19-20,23H,3,7,9-10,12H2,1-2H3/t13-,14?,19+,20?/m0/s1. The van der Waals surface area contributed by atoms with E-state index in [1.165, 1.54) is 12.8 Å². The number of benzene rings is 1. The number of aromatic nitrogens is 1. The van der Waals surface area contributed by atoms with Gasteiger partial charge in [0, 0.05) is 24.2 Å².